The van der Waals surface area contributed by atoms with Gasteiger partial charge in [-0.2, -0.15) is 5.10 Å². The number of rotatable bonds is 3. The Bertz CT molecular complexity index is 396. The van der Waals surface area contributed by atoms with Gasteiger partial charge >= 0.3 is 5.97 Å². The zero-order valence-electron chi connectivity index (χ0n) is 9.30. The number of aliphatic carboxylic acids is 1. The van der Waals surface area contributed by atoms with E-state index in [1.54, 1.807) is 11.0 Å². The summed E-state index contributed by atoms with van der Waals surface area (Å²) in [6.07, 6.45) is 1.54. The van der Waals surface area contributed by atoms with Crippen molar-refractivity contribution in [2.24, 2.45) is 0 Å². The first-order valence-corrected chi connectivity index (χ1v) is 5.39. The summed E-state index contributed by atoms with van der Waals surface area (Å²) in [5, 5.41) is 15.0. The molecule has 7 heteroatoms. The first-order chi connectivity index (χ1) is 8.16. The molecule has 0 atom stereocenters. The highest BCUT2D eigenvalue weighted by atomic mass is 16.4. The SMILES string of the molecule is O=C(O)CN1CCN(C(=O)c2ccn[nH]2)CC1. The van der Waals surface area contributed by atoms with Gasteiger partial charge in [-0.05, 0) is 6.07 Å². The fraction of sp³-hybridized carbons (Fsp3) is 0.500. The van der Waals surface area contributed by atoms with Crippen LogP contribution in [0.3, 0.4) is 0 Å². The molecule has 1 aliphatic rings. The van der Waals surface area contributed by atoms with Crippen LogP contribution in [0.2, 0.25) is 0 Å². The third kappa shape index (κ3) is 2.82. The zero-order chi connectivity index (χ0) is 12.3. The second-order valence-corrected chi connectivity index (χ2v) is 3.93. The summed E-state index contributed by atoms with van der Waals surface area (Å²) in [4.78, 5) is 26.0. The van der Waals surface area contributed by atoms with Crippen LogP contribution in [-0.4, -0.2) is 69.7 Å². The van der Waals surface area contributed by atoms with Gasteiger partial charge in [-0.3, -0.25) is 19.6 Å². The molecule has 1 aromatic heterocycles. The number of piperazine rings is 1. The summed E-state index contributed by atoms with van der Waals surface area (Å²) >= 11 is 0. The van der Waals surface area contributed by atoms with Crippen molar-refractivity contribution in [3.63, 3.8) is 0 Å². The number of carboxylic acids is 1. The lowest BCUT2D eigenvalue weighted by Gasteiger charge is -2.33. The molecule has 1 aromatic rings. The highest BCUT2D eigenvalue weighted by molar-refractivity contribution is 5.92. The van der Waals surface area contributed by atoms with Gasteiger partial charge in [-0.15, -0.1) is 0 Å². The van der Waals surface area contributed by atoms with E-state index in [2.05, 4.69) is 10.2 Å². The maximum atomic E-state index is 11.9. The maximum absolute atomic E-state index is 11.9. The Morgan fingerprint density at radius 1 is 1.35 bits per heavy atom. The molecule has 92 valence electrons. The number of carbonyl (C=O) groups is 2. The molecule has 0 bridgehead atoms. The average molecular weight is 238 g/mol. The van der Waals surface area contributed by atoms with Crippen LogP contribution in [0.4, 0.5) is 0 Å². The van der Waals surface area contributed by atoms with Gasteiger partial charge in [0.2, 0.25) is 0 Å². The summed E-state index contributed by atoms with van der Waals surface area (Å²) in [7, 11) is 0. The molecule has 0 radical (unpaired) electrons. The number of carboxylic acid groups (broad SMARTS) is 1. The topological polar surface area (TPSA) is 89.5 Å². The van der Waals surface area contributed by atoms with E-state index in [4.69, 9.17) is 5.11 Å². The van der Waals surface area contributed by atoms with Crippen molar-refractivity contribution in [2.75, 3.05) is 32.7 Å². The number of aromatic amines is 1. The zero-order valence-corrected chi connectivity index (χ0v) is 9.30. The number of H-pyrrole nitrogens is 1. The van der Waals surface area contributed by atoms with Crippen molar-refractivity contribution >= 4 is 11.9 Å². The van der Waals surface area contributed by atoms with Crippen molar-refractivity contribution in [3.8, 4) is 0 Å². The van der Waals surface area contributed by atoms with Gasteiger partial charge in [0, 0.05) is 32.4 Å². The molecule has 2 N–H and O–H groups in total. The van der Waals surface area contributed by atoms with E-state index < -0.39 is 5.97 Å². The lowest BCUT2D eigenvalue weighted by Crippen LogP contribution is -2.50. The summed E-state index contributed by atoms with van der Waals surface area (Å²) in [6.45, 7) is 2.31. The van der Waals surface area contributed by atoms with Gasteiger partial charge in [-0.1, -0.05) is 0 Å². The number of amides is 1. The smallest absolute Gasteiger partial charge is 0.317 e. The molecule has 7 nitrogen and oxygen atoms in total. The Kier molecular flexibility index (Phi) is 3.38. The molecular weight excluding hydrogens is 224 g/mol. The second-order valence-electron chi connectivity index (χ2n) is 3.93. The van der Waals surface area contributed by atoms with Crippen LogP contribution in [0.1, 0.15) is 10.5 Å². The Morgan fingerprint density at radius 3 is 2.59 bits per heavy atom. The largest absolute Gasteiger partial charge is 0.480 e. The molecular formula is C10H14N4O3. The number of aromatic nitrogens is 2. The highest BCUT2D eigenvalue weighted by Crippen LogP contribution is 2.06. The van der Waals surface area contributed by atoms with E-state index in [0.29, 0.717) is 31.9 Å². The van der Waals surface area contributed by atoms with Gasteiger partial charge in [0.25, 0.3) is 5.91 Å². The lowest BCUT2D eigenvalue weighted by atomic mass is 10.3. The van der Waals surface area contributed by atoms with E-state index in [1.165, 1.54) is 6.20 Å². The minimum absolute atomic E-state index is 0.0338. The number of hydrogen-bond donors (Lipinski definition) is 2. The normalized spacial score (nSPS) is 17.1. The van der Waals surface area contributed by atoms with Gasteiger partial charge < -0.3 is 10.0 Å². The lowest BCUT2D eigenvalue weighted by molar-refractivity contribution is -0.138. The first-order valence-electron chi connectivity index (χ1n) is 5.39. The highest BCUT2D eigenvalue weighted by Gasteiger charge is 2.23. The molecule has 2 heterocycles. The average Bonchev–Trinajstić information content (AvgIpc) is 2.82. The van der Waals surface area contributed by atoms with Crippen LogP contribution < -0.4 is 0 Å². The summed E-state index contributed by atoms with van der Waals surface area (Å²) in [6, 6.07) is 1.63. The first kappa shape index (κ1) is 11.6. The molecule has 1 aliphatic heterocycles. The summed E-state index contributed by atoms with van der Waals surface area (Å²) in [5.74, 6) is -0.921. The van der Waals surface area contributed by atoms with E-state index in [1.807, 2.05) is 4.90 Å². The van der Waals surface area contributed by atoms with Gasteiger partial charge in [0.15, 0.2) is 0 Å². The van der Waals surface area contributed by atoms with Crippen molar-refractivity contribution in [3.05, 3.63) is 18.0 Å². The van der Waals surface area contributed by atoms with Crippen LogP contribution in [0.15, 0.2) is 12.3 Å². The van der Waals surface area contributed by atoms with Crippen molar-refractivity contribution in [2.45, 2.75) is 0 Å². The number of carbonyl (C=O) groups excluding carboxylic acids is 1. The van der Waals surface area contributed by atoms with Crippen molar-refractivity contribution < 1.29 is 14.7 Å². The second kappa shape index (κ2) is 4.96. The Hall–Kier alpha value is -1.89. The van der Waals surface area contributed by atoms with Gasteiger partial charge in [0.1, 0.15) is 5.69 Å². The van der Waals surface area contributed by atoms with E-state index in [-0.39, 0.29) is 12.5 Å². The summed E-state index contributed by atoms with van der Waals surface area (Å²) < 4.78 is 0. The number of nitrogens with one attached hydrogen (secondary N) is 1. The molecule has 0 aromatic carbocycles. The predicted molar refractivity (Wildman–Crippen MR) is 58.6 cm³/mol. The van der Waals surface area contributed by atoms with Crippen LogP contribution in [0.25, 0.3) is 0 Å². The number of hydrogen-bond acceptors (Lipinski definition) is 4. The van der Waals surface area contributed by atoms with Crippen LogP contribution in [0, 0.1) is 0 Å². The van der Waals surface area contributed by atoms with E-state index >= 15 is 0 Å². The quantitative estimate of drug-likeness (QED) is 0.723. The van der Waals surface area contributed by atoms with Crippen LogP contribution >= 0.6 is 0 Å². The summed E-state index contributed by atoms with van der Waals surface area (Å²) in [5.41, 5.74) is 0.469. The molecule has 1 saturated heterocycles. The molecule has 1 fully saturated rings. The fourth-order valence-corrected chi connectivity index (χ4v) is 1.85. The van der Waals surface area contributed by atoms with E-state index in [9.17, 15) is 9.59 Å². The Morgan fingerprint density at radius 2 is 2.06 bits per heavy atom. The minimum Gasteiger partial charge on any atom is -0.480 e. The molecule has 0 aliphatic carbocycles. The molecule has 1 amide bonds. The molecule has 2 rings (SSSR count). The Balaban J connectivity index is 1.87. The van der Waals surface area contributed by atoms with Crippen LogP contribution in [0.5, 0.6) is 0 Å². The van der Waals surface area contributed by atoms with E-state index in [0.717, 1.165) is 0 Å². The van der Waals surface area contributed by atoms with Gasteiger partial charge in [0.05, 0.1) is 6.54 Å². The molecule has 17 heavy (non-hydrogen) atoms. The minimum atomic E-state index is -0.835. The molecule has 0 unspecified atom stereocenters. The number of nitrogens with zero attached hydrogens (tertiary/aromatic N) is 3. The van der Waals surface area contributed by atoms with Crippen molar-refractivity contribution in [1.29, 1.82) is 0 Å². The third-order valence-corrected chi connectivity index (χ3v) is 2.75. The van der Waals surface area contributed by atoms with Crippen molar-refractivity contribution in [1.82, 2.24) is 20.0 Å². The monoisotopic (exact) mass is 238 g/mol. The molecule has 0 spiro atoms. The predicted octanol–water partition coefficient (Wildman–Crippen LogP) is -0.748. The van der Waals surface area contributed by atoms with Gasteiger partial charge in [-0.25, -0.2) is 0 Å². The standard InChI is InChI=1S/C10H14N4O3/c15-9(16)7-13-3-5-14(6-4-13)10(17)8-1-2-11-12-8/h1-2H,3-7H2,(H,11,12)(H,15,16). The third-order valence-electron chi connectivity index (χ3n) is 2.75. The fourth-order valence-electron chi connectivity index (χ4n) is 1.85. The molecule has 0 saturated carbocycles. The maximum Gasteiger partial charge on any atom is 0.317 e. The van der Waals surface area contributed by atoms with Crippen LogP contribution in [-0.2, 0) is 4.79 Å². The Labute approximate surface area is 98.0 Å².